The van der Waals surface area contributed by atoms with E-state index < -0.39 is 6.03 Å². The van der Waals surface area contributed by atoms with Gasteiger partial charge in [-0.3, -0.25) is 4.79 Å². The van der Waals surface area contributed by atoms with Gasteiger partial charge in [0.25, 0.3) is 5.91 Å². The highest BCUT2D eigenvalue weighted by atomic mass is 35.5. The van der Waals surface area contributed by atoms with Crippen molar-refractivity contribution in [3.8, 4) is 0 Å². The monoisotopic (exact) mass is 470 g/mol. The van der Waals surface area contributed by atoms with Crippen molar-refractivity contribution in [2.45, 2.75) is 45.1 Å². The second-order valence-electron chi connectivity index (χ2n) is 8.67. The van der Waals surface area contributed by atoms with Gasteiger partial charge in [-0.25, -0.2) is 4.79 Å². The molecule has 2 heterocycles. The molecule has 0 aromatic heterocycles. The van der Waals surface area contributed by atoms with E-state index in [0.717, 1.165) is 56.6 Å². The molecule has 2 aromatic rings. The maximum Gasteiger partial charge on any atom is 0.323 e. The Labute approximate surface area is 199 Å². The van der Waals surface area contributed by atoms with Gasteiger partial charge in [-0.1, -0.05) is 17.7 Å². The summed E-state index contributed by atoms with van der Waals surface area (Å²) in [7, 11) is 0. The molecule has 1 atom stereocenters. The predicted molar refractivity (Wildman–Crippen MR) is 133 cm³/mol. The number of aryl methyl sites for hydroxylation is 1. The van der Waals surface area contributed by atoms with Gasteiger partial charge in [0.2, 0.25) is 0 Å². The summed E-state index contributed by atoms with van der Waals surface area (Å²) in [6.07, 6.45) is 5.49. The fraction of sp³-hybridized carbons (Fsp3) is 0.440. The van der Waals surface area contributed by atoms with E-state index in [4.69, 9.17) is 16.3 Å². The van der Waals surface area contributed by atoms with Crippen molar-refractivity contribution in [1.29, 1.82) is 0 Å². The zero-order chi connectivity index (χ0) is 23.2. The van der Waals surface area contributed by atoms with Crippen molar-refractivity contribution in [2.24, 2.45) is 0 Å². The number of urea groups is 1. The molecule has 176 valence electrons. The van der Waals surface area contributed by atoms with Crippen LogP contribution in [0.4, 0.5) is 21.9 Å². The Kier molecular flexibility index (Phi) is 7.73. The SMILES string of the molecule is Cc1ccc(NC(=O)Nc2ccc(N3CCCCC3)c(C(=O)NCC3CCCO3)c2)cc1Cl. The Bertz CT molecular complexity index is 1000. The molecule has 7 nitrogen and oxygen atoms in total. The highest BCUT2D eigenvalue weighted by Gasteiger charge is 2.22. The van der Waals surface area contributed by atoms with Gasteiger partial charge in [-0.15, -0.1) is 0 Å². The van der Waals surface area contributed by atoms with Gasteiger partial charge >= 0.3 is 6.03 Å². The largest absolute Gasteiger partial charge is 0.376 e. The molecule has 2 aromatic carbocycles. The van der Waals surface area contributed by atoms with E-state index in [9.17, 15) is 9.59 Å². The van der Waals surface area contributed by atoms with Crippen molar-refractivity contribution >= 4 is 40.6 Å². The van der Waals surface area contributed by atoms with Crippen LogP contribution < -0.4 is 20.9 Å². The first-order valence-corrected chi connectivity index (χ1v) is 12.0. The van der Waals surface area contributed by atoms with Gasteiger partial charge in [0, 0.05) is 48.3 Å². The van der Waals surface area contributed by atoms with Crippen LogP contribution in [-0.2, 0) is 4.74 Å². The number of nitrogens with zero attached hydrogens (tertiary/aromatic N) is 1. The maximum atomic E-state index is 13.1. The van der Waals surface area contributed by atoms with Crippen LogP contribution in [0.15, 0.2) is 36.4 Å². The lowest BCUT2D eigenvalue weighted by molar-refractivity contribution is 0.0858. The Morgan fingerprint density at radius 2 is 1.76 bits per heavy atom. The molecule has 0 bridgehead atoms. The van der Waals surface area contributed by atoms with E-state index in [0.29, 0.717) is 28.5 Å². The quantitative estimate of drug-likeness (QED) is 0.542. The van der Waals surface area contributed by atoms with Crippen LogP contribution in [0.25, 0.3) is 0 Å². The third-order valence-corrected chi connectivity index (χ3v) is 6.55. The number of amides is 3. The van der Waals surface area contributed by atoms with Gasteiger partial charge in [0.15, 0.2) is 0 Å². The van der Waals surface area contributed by atoms with Crippen molar-refractivity contribution in [3.63, 3.8) is 0 Å². The third kappa shape index (κ3) is 6.18. The Balaban J connectivity index is 1.48. The second kappa shape index (κ2) is 10.9. The van der Waals surface area contributed by atoms with E-state index in [2.05, 4.69) is 20.9 Å². The molecule has 33 heavy (non-hydrogen) atoms. The first-order valence-electron chi connectivity index (χ1n) is 11.6. The number of benzene rings is 2. The molecule has 3 amide bonds. The van der Waals surface area contributed by atoms with Crippen LogP contribution in [0.2, 0.25) is 5.02 Å². The van der Waals surface area contributed by atoms with Gasteiger partial charge < -0.3 is 25.6 Å². The lowest BCUT2D eigenvalue weighted by Gasteiger charge is -2.30. The molecule has 0 aliphatic carbocycles. The van der Waals surface area contributed by atoms with E-state index in [-0.39, 0.29) is 12.0 Å². The fourth-order valence-electron chi connectivity index (χ4n) is 4.28. The van der Waals surface area contributed by atoms with Crippen LogP contribution in [0.3, 0.4) is 0 Å². The summed E-state index contributed by atoms with van der Waals surface area (Å²) in [6, 6.07) is 10.5. The summed E-state index contributed by atoms with van der Waals surface area (Å²) in [4.78, 5) is 27.9. The molecule has 0 spiro atoms. The standard InChI is InChI=1S/C25H31ClN4O3/c1-17-7-8-19(15-22(17)26)29-25(32)28-18-9-10-23(30-11-3-2-4-12-30)21(14-18)24(31)27-16-20-6-5-13-33-20/h7-10,14-15,20H,2-6,11-13,16H2,1H3,(H,27,31)(H2,28,29,32). The Hall–Kier alpha value is -2.77. The average molecular weight is 471 g/mol. The molecular weight excluding hydrogens is 440 g/mol. The van der Waals surface area contributed by atoms with Crippen LogP contribution >= 0.6 is 11.6 Å². The number of piperidine rings is 1. The summed E-state index contributed by atoms with van der Waals surface area (Å²) < 4.78 is 5.63. The minimum Gasteiger partial charge on any atom is -0.376 e. The Morgan fingerprint density at radius 3 is 2.45 bits per heavy atom. The molecule has 2 fully saturated rings. The Morgan fingerprint density at radius 1 is 1.03 bits per heavy atom. The lowest BCUT2D eigenvalue weighted by Crippen LogP contribution is -2.35. The molecule has 1 unspecified atom stereocenters. The van der Waals surface area contributed by atoms with Crippen molar-refractivity contribution in [1.82, 2.24) is 5.32 Å². The number of carbonyl (C=O) groups excluding carboxylic acids is 2. The normalized spacial score (nSPS) is 18.1. The lowest BCUT2D eigenvalue weighted by atomic mass is 10.1. The zero-order valence-corrected chi connectivity index (χ0v) is 19.7. The maximum absolute atomic E-state index is 13.1. The third-order valence-electron chi connectivity index (χ3n) is 6.14. The van der Waals surface area contributed by atoms with Crippen molar-refractivity contribution < 1.29 is 14.3 Å². The number of nitrogens with one attached hydrogen (secondary N) is 3. The first-order chi connectivity index (χ1) is 16.0. The number of anilines is 3. The van der Waals surface area contributed by atoms with Crippen molar-refractivity contribution in [2.75, 3.05) is 41.8 Å². The van der Waals surface area contributed by atoms with Crippen molar-refractivity contribution in [3.05, 3.63) is 52.5 Å². The van der Waals surface area contributed by atoms with E-state index >= 15 is 0 Å². The molecule has 3 N–H and O–H groups in total. The summed E-state index contributed by atoms with van der Waals surface area (Å²) in [5, 5.41) is 9.22. The molecule has 0 saturated carbocycles. The minimum atomic E-state index is -0.397. The summed E-state index contributed by atoms with van der Waals surface area (Å²) in [5.74, 6) is -0.152. The van der Waals surface area contributed by atoms with E-state index in [1.807, 2.05) is 25.1 Å². The van der Waals surface area contributed by atoms with Crippen LogP contribution in [0, 0.1) is 6.92 Å². The fourth-order valence-corrected chi connectivity index (χ4v) is 4.46. The molecule has 2 aliphatic heterocycles. The second-order valence-corrected chi connectivity index (χ2v) is 9.07. The van der Waals surface area contributed by atoms with Gasteiger partial charge in [-0.05, 0) is 74.9 Å². The highest BCUT2D eigenvalue weighted by molar-refractivity contribution is 6.31. The minimum absolute atomic E-state index is 0.0702. The summed E-state index contributed by atoms with van der Waals surface area (Å²) in [5.41, 5.74) is 3.55. The van der Waals surface area contributed by atoms with Crippen LogP contribution in [-0.4, -0.2) is 44.3 Å². The summed E-state index contributed by atoms with van der Waals surface area (Å²) >= 11 is 6.15. The number of rotatable bonds is 6. The topological polar surface area (TPSA) is 82.7 Å². The molecular formula is C25H31ClN4O3. The van der Waals surface area contributed by atoms with E-state index in [1.54, 1.807) is 18.2 Å². The molecule has 0 radical (unpaired) electrons. The number of hydrogen-bond acceptors (Lipinski definition) is 4. The van der Waals surface area contributed by atoms with Gasteiger partial charge in [0.1, 0.15) is 0 Å². The number of ether oxygens (including phenoxy) is 1. The van der Waals surface area contributed by atoms with Crippen LogP contribution in [0.5, 0.6) is 0 Å². The zero-order valence-electron chi connectivity index (χ0n) is 19.0. The predicted octanol–water partition coefficient (Wildman–Crippen LogP) is 5.19. The van der Waals surface area contributed by atoms with Crippen LogP contribution in [0.1, 0.15) is 48.0 Å². The number of halogens is 1. The highest BCUT2D eigenvalue weighted by Crippen LogP contribution is 2.28. The average Bonchev–Trinajstić information content (AvgIpc) is 3.34. The smallest absolute Gasteiger partial charge is 0.323 e. The van der Waals surface area contributed by atoms with Gasteiger partial charge in [-0.2, -0.15) is 0 Å². The van der Waals surface area contributed by atoms with Gasteiger partial charge in [0.05, 0.1) is 11.7 Å². The molecule has 8 heteroatoms. The van der Waals surface area contributed by atoms with E-state index in [1.165, 1.54) is 6.42 Å². The number of hydrogen-bond donors (Lipinski definition) is 3. The molecule has 2 aliphatic rings. The summed E-state index contributed by atoms with van der Waals surface area (Å²) in [6.45, 7) is 4.99. The number of carbonyl (C=O) groups is 2. The molecule has 2 saturated heterocycles. The first kappa shape index (κ1) is 23.4. The molecule has 4 rings (SSSR count).